The number of aromatic nitrogens is 3. The molecule has 1 aromatic rings. The molecule has 2 atom stereocenters. The summed E-state index contributed by atoms with van der Waals surface area (Å²) >= 11 is 0. The highest BCUT2D eigenvalue weighted by Gasteiger charge is 2.35. The number of hydrogen-bond donors (Lipinski definition) is 1. The van der Waals surface area contributed by atoms with E-state index >= 15 is 0 Å². The first-order valence-corrected chi connectivity index (χ1v) is 6.27. The number of ether oxygens (including phenoxy) is 1. The SMILES string of the molecule is NCc1cn(CC(=O)N2CC3CCC(C2)O3)nn1. The van der Waals surface area contributed by atoms with E-state index in [0.717, 1.165) is 12.8 Å². The Balaban J connectivity index is 1.61. The molecule has 1 aromatic heterocycles. The highest BCUT2D eigenvalue weighted by molar-refractivity contribution is 5.76. The summed E-state index contributed by atoms with van der Waals surface area (Å²) in [6, 6.07) is 0. The van der Waals surface area contributed by atoms with Gasteiger partial charge in [-0.15, -0.1) is 5.10 Å². The molecule has 1 amide bonds. The number of carbonyl (C=O) groups excluding carboxylic acids is 1. The van der Waals surface area contributed by atoms with Gasteiger partial charge in [0.05, 0.1) is 24.1 Å². The maximum Gasteiger partial charge on any atom is 0.244 e. The van der Waals surface area contributed by atoms with Crippen molar-refractivity contribution in [2.75, 3.05) is 13.1 Å². The summed E-state index contributed by atoms with van der Waals surface area (Å²) in [6.45, 7) is 1.98. The minimum Gasteiger partial charge on any atom is -0.371 e. The Bertz CT molecular complexity index is 434. The summed E-state index contributed by atoms with van der Waals surface area (Å²) < 4.78 is 7.25. The van der Waals surface area contributed by atoms with E-state index in [1.807, 2.05) is 4.90 Å². The minimum atomic E-state index is 0.0728. The monoisotopic (exact) mass is 251 g/mol. The van der Waals surface area contributed by atoms with Crippen LogP contribution >= 0.6 is 0 Å². The van der Waals surface area contributed by atoms with Gasteiger partial charge in [-0.2, -0.15) is 0 Å². The van der Waals surface area contributed by atoms with E-state index in [1.165, 1.54) is 0 Å². The third-order valence-electron chi connectivity index (χ3n) is 3.49. The van der Waals surface area contributed by atoms with Crippen LogP contribution in [0, 0.1) is 0 Å². The molecule has 7 nitrogen and oxygen atoms in total. The zero-order valence-corrected chi connectivity index (χ0v) is 10.2. The van der Waals surface area contributed by atoms with Gasteiger partial charge in [-0.25, -0.2) is 4.68 Å². The maximum atomic E-state index is 12.1. The molecule has 2 saturated heterocycles. The molecular formula is C11H17N5O2. The van der Waals surface area contributed by atoms with Crippen molar-refractivity contribution in [2.24, 2.45) is 5.73 Å². The van der Waals surface area contributed by atoms with Gasteiger partial charge in [-0.3, -0.25) is 4.79 Å². The van der Waals surface area contributed by atoms with Gasteiger partial charge in [-0.05, 0) is 12.8 Å². The molecule has 0 aliphatic carbocycles. The molecule has 2 aliphatic rings. The lowest BCUT2D eigenvalue weighted by atomic mass is 10.2. The Kier molecular flexibility index (Phi) is 3.00. The zero-order chi connectivity index (χ0) is 12.5. The van der Waals surface area contributed by atoms with Crippen LogP contribution in [0.15, 0.2) is 6.20 Å². The van der Waals surface area contributed by atoms with Gasteiger partial charge in [0, 0.05) is 19.6 Å². The number of fused-ring (bicyclic) bond motifs is 2. The van der Waals surface area contributed by atoms with Gasteiger partial charge in [0.1, 0.15) is 6.54 Å². The first-order chi connectivity index (χ1) is 8.74. The Morgan fingerprint density at radius 1 is 1.44 bits per heavy atom. The van der Waals surface area contributed by atoms with Gasteiger partial charge in [0.15, 0.2) is 0 Å². The molecule has 0 saturated carbocycles. The van der Waals surface area contributed by atoms with E-state index in [-0.39, 0.29) is 24.7 Å². The predicted molar refractivity (Wildman–Crippen MR) is 62.4 cm³/mol. The van der Waals surface area contributed by atoms with Crippen LogP contribution in [0.5, 0.6) is 0 Å². The topological polar surface area (TPSA) is 86.3 Å². The molecule has 2 unspecified atom stereocenters. The van der Waals surface area contributed by atoms with Gasteiger partial charge in [0.2, 0.25) is 5.91 Å². The first kappa shape index (κ1) is 11.6. The smallest absolute Gasteiger partial charge is 0.244 e. The van der Waals surface area contributed by atoms with Crippen molar-refractivity contribution in [1.29, 1.82) is 0 Å². The van der Waals surface area contributed by atoms with Crippen LogP contribution in [0.3, 0.4) is 0 Å². The van der Waals surface area contributed by atoms with Gasteiger partial charge in [-0.1, -0.05) is 5.21 Å². The second-order valence-electron chi connectivity index (χ2n) is 4.87. The fourth-order valence-corrected chi connectivity index (χ4v) is 2.57. The molecule has 0 aromatic carbocycles. The number of morpholine rings is 1. The quantitative estimate of drug-likeness (QED) is 0.754. The van der Waals surface area contributed by atoms with E-state index in [4.69, 9.17) is 10.5 Å². The van der Waals surface area contributed by atoms with Crippen LogP contribution in [0.1, 0.15) is 18.5 Å². The fraction of sp³-hybridized carbons (Fsp3) is 0.727. The fourth-order valence-electron chi connectivity index (χ4n) is 2.57. The molecule has 2 aliphatic heterocycles. The van der Waals surface area contributed by atoms with Crippen LogP contribution in [-0.4, -0.2) is 51.1 Å². The molecule has 2 fully saturated rings. The number of nitrogens with two attached hydrogens (primary N) is 1. The predicted octanol–water partition coefficient (Wildman–Crippen LogP) is -0.873. The van der Waals surface area contributed by atoms with Crippen LogP contribution < -0.4 is 5.73 Å². The highest BCUT2D eigenvalue weighted by Crippen LogP contribution is 2.26. The third-order valence-corrected chi connectivity index (χ3v) is 3.49. The first-order valence-electron chi connectivity index (χ1n) is 6.27. The van der Waals surface area contributed by atoms with E-state index in [2.05, 4.69) is 10.3 Å². The second-order valence-corrected chi connectivity index (χ2v) is 4.87. The molecule has 0 spiro atoms. The summed E-state index contributed by atoms with van der Waals surface area (Å²) in [5, 5.41) is 7.75. The number of nitrogens with zero attached hydrogens (tertiary/aromatic N) is 4. The molecule has 3 heterocycles. The number of amides is 1. The molecule has 98 valence electrons. The minimum absolute atomic E-state index is 0.0728. The van der Waals surface area contributed by atoms with Crippen LogP contribution in [0.4, 0.5) is 0 Å². The van der Waals surface area contributed by atoms with E-state index in [1.54, 1.807) is 10.9 Å². The van der Waals surface area contributed by atoms with Crippen molar-refractivity contribution in [3.05, 3.63) is 11.9 Å². The summed E-state index contributed by atoms with van der Waals surface area (Å²) in [5.74, 6) is 0.0728. The summed E-state index contributed by atoms with van der Waals surface area (Å²) in [4.78, 5) is 14.0. The molecular weight excluding hydrogens is 234 g/mol. The molecule has 2 bridgehead atoms. The molecule has 3 rings (SSSR count). The third kappa shape index (κ3) is 2.23. The van der Waals surface area contributed by atoms with Gasteiger partial charge >= 0.3 is 0 Å². The van der Waals surface area contributed by atoms with Crippen LogP contribution in [0.2, 0.25) is 0 Å². The average Bonchev–Trinajstić information content (AvgIpc) is 2.96. The van der Waals surface area contributed by atoms with E-state index in [9.17, 15) is 4.79 Å². The van der Waals surface area contributed by atoms with E-state index in [0.29, 0.717) is 25.3 Å². The maximum absolute atomic E-state index is 12.1. The number of rotatable bonds is 3. The lowest BCUT2D eigenvalue weighted by Gasteiger charge is -2.32. The molecule has 7 heteroatoms. The largest absolute Gasteiger partial charge is 0.371 e. The molecule has 0 radical (unpaired) electrons. The number of hydrogen-bond acceptors (Lipinski definition) is 5. The average molecular weight is 251 g/mol. The Morgan fingerprint density at radius 3 is 2.78 bits per heavy atom. The Labute approximate surface area is 105 Å². The van der Waals surface area contributed by atoms with Crippen molar-refractivity contribution in [1.82, 2.24) is 19.9 Å². The highest BCUT2D eigenvalue weighted by atomic mass is 16.5. The van der Waals surface area contributed by atoms with Gasteiger partial charge in [0.25, 0.3) is 0 Å². The van der Waals surface area contributed by atoms with Crippen LogP contribution in [0.25, 0.3) is 0 Å². The summed E-state index contributed by atoms with van der Waals surface area (Å²) in [5.41, 5.74) is 6.15. The lowest BCUT2D eigenvalue weighted by Crippen LogP contribution is -2.47. The second kappa shape index (κ2) is 4.66. The Hall–Kier alpha value is -1.47. The van der Waals surface area contributed by atoms with Crippen molar-refractivity contribution < 1.29 is 9.53 Å². The molecule has 18 heavy (non-hydrogen) atoms. The summed E-state index contributed by atoms with van der Waals surface area (Å²) in [7, 11) is 0. The molecule has 2 N–H and O–H groups in total. The van der Waals surface area contributed by atoms with Crippen molar-refractivity contribution in [3.8, 4) is 0 Å². The number of carbonyl (C=O) groups is 1. The van der Waals surface area contributed by atoms with Crippen molar-refractivity contribution in [3.63, 3.8) is 0 Å². The zero-order valence-electron chi connectivity index (χ0n) is 10.2. The van der Waals surface area contributed by atoms with Gasteiger partial charge < -0.3 is 15.4 Å². The van der Waals surface area contributed by atoms with E-state index < -0.39 is 0 Å². The standard InChI is InChI=1S/C11H17N5O2/c12-3-8-4-16(14-13-8)7-11(17)15-5-9-1-2-10(6-15)18-9/h4,9-10H,1-3,5-7,12H2. The Morgan fingerprint density at radius 2 is 2.17 bits per heavy atom. The number of likely N-dealkylation sites (tertiary alicyclic amines) is 1. The van der Waals surface area contributed by atoms with Crippen molar-refractivity contribution >= 4 is 5.91 Å². The van der Waals surface area contributed by atoms with Crippen molar-refractivity contribution in [2.45, 2.75) is 38.1 Å². The normalized spacial score (nSPS) is 26.6. The summed E-state index contributed by atoms with van der Waals surface area (Å²) in [6.07, 6.45) is 4.29. The van der Waals surface area contributed by atoms with Crippen LogP contribution in [-0.2, 0) is 22.6 Å². The lowest BCUT2D eigenvalue weighted by molar-refractivity contribution is -0.140.